The van der Waals surface area contributed by atoms with Crippen LogP contribution in [0.15, 0.2) is 28.1 Å². The molecule has 0 fully saturated rings. The van der Waals surface area contributed by atoms with Crippen LogP contribution in [-0.4, -0.2) is 7.05 Å². The summed E-state index contributed by atoms with van der Waals surface area (Å²) in [5, 5.41) is 2.97. The lowest BCUT2D eigenvalue weighted by atomic mass is 10.0. The number of nitrogens with one attached hydrogen (secondary N) is 1. The molecule has 0 saturated heterocycles. The normalized spacial score (nSPS) is 12.7. The predicted molar refractivity (Wildman–Crippen MR) is 74.0 cm³/mol. The molecule has 0 radical (unpaired) electrons. The monoisotopic (exact) mass is 331 g/mol. The second-order valence-corrected chi connectivity index (χ2v) is 6.36. The molecule has 1 heterocycles. The maximum atomic E-state index is 13.8. The van der Waals surface area contributed by atoms with Gasteiger partial charge in [0.2, 0.25) is 0 Å². The molecule has 5 heteroatoms. The number of hydrogen-bond donors (Lipinski definition) is 1. The van der Waals surface area contributed by atoms with Gasteiger partial charge in [0.25, 0.3) is 0 Å². The summed E-state index contributed by atoms with van der Waals surface area (Å²) in [5.41, 5.74) is 1.13. The van der Waals surface area contributed by atoms with Crippen molar-refractivity contribution in [2.75, 3.05) is 7.05 Å². The van der Waals surface area contributed by atoms with E-state index in [4.69, 9.17) is 0 Å². The lowest BCUT2D eigenvalue weighted by molar-refractivity contribution is 0.524. The number of benzene rings is 1. The van der Waals surface area contributed by atoms with Crippen LogP contribution in [0, 0.1) is 18.6 Å². The average molecular weight is 332 g/mol. The van der Waals surface area contributed by atoms with Gasteiger partial charge in [-0.05, 0) is 53.7 Å². The Morgan fingerprint density at radius 1 is 1.28 bits per heavy atom. The molecule has 1 atom stereocenters. The molecule has 18 heavy (non-hydrogen) atoms. The van der Waals surface area contributed by atoms with E-state index in [0.717, 1.165) is 14.2 Å². The molecule has 1 aromatic carbocycles. The predicted octanol–water partition coefficient (Wildman–Crippen LogP) is 4.41. The number of hydrogen-bond acceptors (Lipinski definition) is 2. The topological polar surface area (TPSA) is 12.0 Å². The second-order valence-electron chi connectivity index (χ2n) is 3.96. The van der Waals surface area contributed by atoms with Crippen LogP contribution in [-0.2, 0) is 0 Å². The molecule has 0 amide bonds. The van der Waals surface area contributed by atoms with Gasteiger partial charge in [-0.2, -0.15) is 0 Å². The van der Waals surface area contributed by atoms with Crippen LogP contribution in [0.25, 0.3) is 0 Å². The number of aryl methyl sites for hydroxylation is 1. The van der Waals surface area contributed by atoms with Gasteiger partial charge in [-0.1, -0.05) is 6.07 Å². The van der Waals surface area contributed by atoms with Crippen LogP contribution in [0.4, 0.5) is 8.78 Å². The standard InChI is InChI=1S/C13H12BrF2NS/c1-7-6-10(18-13(7)14)12(17-2)11-8(15)4-3-5-9(11)16/h3-6,12,17H,1-2H3. The molecule has 2 aromatic rings. The second kappa shape index (κ2) is 5.47. The van der Waals surface area contributed by atoms with Crippen molar-refractivity contribution in [2.45, 2.75) is 13.0 Å². The highest BCUT2D eigenvalue weighted by Crippen LogP contribution is 2.35. The van der Waals surface area contributed by atoms with Crippen molar-refractivity contribution < 1.29 is 8.78 Å². The van der Waals surface area contributed by atoms with Crippen molar-refractivity contribution in [2.24, 2.45) is 0 Å². The summed E-state index contributed by atoms with van der Waals surface area (Å²) >= 11 is 4.91. The smallest absolute Gasteiger partial charge is 0.131 e. The summed E-state index contributed by atoms with van der Waals surface area (Å²) in [6, 6.07) is 5.38. The first kappa shape index (κ1) is 13.6. The van der Waals surface area contributed by atoms with Crippen LogP contribution < -0.4 is 5.32 Å². The summed E-state index contributed by atoms with van der Waals surface area (Å²) in [4.78, 5) is 0.880. The fraction of sp³-hybridized carbons (Fsp3) is 0.231. The van der Waals surface area contributed by atoms with Crippen LogP contribution in [0.1, 0.15) is 22.0 Å². The van der Waals surface area contributed by atoms with Crippen molar-refractivity contribution in [1.29, 1.82) is 0 Å². The van der Waals surface area contributed by atoms with Crippen molar-refractivity contribution >= 4 is 27.3 Å². The molecule has 0 bridgehead atoms. The number of halogens is 3. The quantitative estimate of drug-likeness (QED) is 0.878. The van der Waals surface area contributed by atoms with Gasteiger partial charge in [0.05, 0.1) is 9.83 Å². The van der Waals surface area contributed by atoms with Gasteiger partial charge >= 0.3 is 0 Å². The molecule has 0 aliphatic rings. The van der Waals surface area contributed by atoms with E-state index in [1.54, 1.807) is 7.05 Å². The van der Waals surface area contributed by atoms with Crippen molar-refractivity contribution in [3.05, 3.63) is 55.7 Å². The van der Waals surface area contributed by atoms with Crippen LogP contribution in [0.3, 0.4) is 0 Å². The highest BCUT2D eigenvalue weighted by atomic mass is 79.9. The zero-order valence-electron chi connectivity index (χ0n) is 9.93. The third kappa shape index (κ3) is 2.48. The molecule has 0 aliphatic carbocycles. The zero-order chi connectivity index (χ0) is 13.3. The largest absolute Gasteiger partial charge is 0.308 e. The van der Waals surface area contributed by atoms with Crippen LogP contribution in [0.5, 0.6) is 0 Å². The fourth-order valence-corrected chi connectivity index (χ4v) is 3.53. The maximum Gasteiger partial charge on any atom is 0.131 e. The summed E-state index contributed by atoms with van der Waals surface area (Å²) in [5.74, 6) is -1.06. The lowest BCUT2D eigenvalue weighted by Crippen LogP contribution is -2.19. The highest BCUT2D eigenvalue weighted by molar-refractivity contribution is 9.11. The zero-order valence-corrected chi connectivity index (χ0v) is 12.3. The first-order valence-electron chi connectivity index (χ1n) is 5.41. The lowest BCUT2D eigenvalue weighted by Gasteiger charge is -2.16. The van der Waals surface area contributed by atoms with E-state index < -0.39 is 17.7 Å². The van der Waals surface area contributed by atoms with Gasteiger partial charge in [0.1, 0.15) is 11.6 Å². The molecule has 96 valence electrons. The molecule has 1 aromatic heterocycles. The fourth-order valence-electron chi connectivity index (χ4n) is 1.84. The minimum atomic E-state index is -0.531. The van der Waals surface area contributed by atoms with Gasteiger partial charge in [-0.15, -0.1) is 11.3 Å². The minimum Gasteiger partial charge on any atom is -0.308 e. The van der Waals surface area contributed by atoms with Crippen LogP contribution >= 0.6 is 27.3 Å². The third-order valence-electron chi connectivity index (χ3n) is 2.74. The SMILES string of the molecule is CNC(c1cc(C)c(Br)s1)c1c(F)cccc1F. The molecule has 1 N–H and O–H groups in total. The molecule has 0 saturated carbocycles. The molecular formula is C13H12BrF2NS. The summed E-state index contributed by atoms with van der Waals surface area (Å²) in [7, 11) is 1.69. The molecular weight excluding hydrogens is 320 g/mol. The van der Waals surface area contributed by atoms with Gasteiger partial charge in [-0.3, -0.25) is 0 Å². The first-order valence-corrected chi connectivity index (χ1v) is 7.02. The molecule has 1 unspecified atom stereocenters. The molecule has 0 spiro atoms. The molecule has 1 nitrogen and oxygen atoms in total. The van der Waals surface area contributed by atoms with E-state index in [9.17, 15) is 8.78 Å². The Bertz CT molecular complexity index is 528. The average Bonchev–Trinajstić information content (AvgIpc) is 2.64. The third-order valence-corrected chi connectivity index (χ3v) is 4.94. The van der Waals surface area contributed by atoms with Gasteiger partial charge < -0.3 is 5.32 Å². The van der Waals surface area contributed by atoms with E-state index in [2.05, 4.69) is 21.2 Å². The van der Waals surface area contributed by atoms with E-state index >= 15 is 0 Å². The Labute approximate surface area is 117 Å². The first-order chi connectivity index (χ1) is 8.54. The Morgan fingerprint density at radius 2 is 1.89 bits per heavy atom. The van der Waals surface area contributed by atoms with E-state index in [1.807, 2.05) is 13.0 Å². The van der Waals surface area contributed by atoms with Gasteiger partial charge in [0, 0.05) is 10.4 Å². The van der Waals surface area contributed by atoms with Gasteiger partial charge in [0.15, 0.2) is 0 Å². The summed E-state index contributed by atoms with van der Waals surface area (Å²) in [6.07, 6.45) is 0. The maximum absolute atomic E-state index is 13.8. The van der Waals surface area contributed by atoms with Gasteiger partial charge in [-0.25, -0.2) is 8.78 Å². The van der Waals surface area contributed by atoms with E-state index in [1.165, 1.54) is 29.5 Å². The summed E-state index contributed by atoms with van der Waals surface area (Å²) < 4.78 is 28.6. The Kier molecular flexibility index (Phi) is 4.14. The number of rotatable bonds is 3. The summed E-state index contributed by atoms with van der Waals surface area (Å²) in [6.45, 7) is 1.95. The Balaban J connectivity index is 2.52. The van der Waals surface area contributed by atoms with Crippen molar-refractivity contribution in [3.63, 3.8) is 0 Å². The highest BCUT2D eigenvalue weighted by Gasteiger charge is 2.22. The minimum absolute atomic E-state index is 0.0637. The number of thiophene rings is 1. The Morgan fingerprint density at radius 3 is 2.33 bits per heavy atom. The molecule has 0 aliphatic heterocycles. The Hall–Kier alpha value is -0.780. The van der Waals surface area contributed by atoms with Crippen molar-refractivity contribution in [3.8, 4) is 0 Å². The van der Waals surface area contributed by atoms with Crippen LogP contribution in [0.2, 0.25) is 0 Å². The van der Waals surface area contributed by atoms with E-state index in [0.29, 0.717) is 0 Å². The molecule has 2 rings (SSSR count). The van der Waals surface area contributed by atoms with Crippen molar-refractivity contribution in [1.82, 2.24) is 5.32 Å². The van der Waals surface area contributed by atoms with E-state index in [-0.39, 0.29) is 5.56 Å².